The molecule has 1 aliphatic heterocycles. The van der Waals surface area contributed by atoms with Gasteiger partial charge in [-0.05, 0) is 38.3 Å². The van der Waals surface area contributed by atoms with Crippen LogP contribution in [0.15, 0.2) is 24.3 Å². The average molecular weight is 277 g/mol. The minimum atomic E-state index is -0.329. The van der Waals surface area contributed by atoms with Crippen molar-refractivity contribution < 1.29 is 19.4 Å². The molecule has 1 N–H and O–H groups in total. The van der Waals surface area contributed by atoms with Crippen molar-refractivity contribution in [2.24, 2.45) is 0 Å². The summed E-state index contributed by atoms with van der Waals surface area (Å²) in [5.41, 5.74) is 0. The van der Waals surface area contributed by atoms with Gasteiger partial charge in [0.05, 0.1) is 6.04 Å². The second-order valence-corrected chi connectivity index (χ2v) is 4.97. The van der Waals surface area contributed by atoms with E-state index in [1.807, 2.05) is 0 Å². The van der Waals surface area contributed by atoms with Gasteiger partial charge in [-0.25, -0.2) is 0 Å². The van der Waals surface area contributed by atoms with E-state index in [-0.39, 0.29) is 35.8 Å². The highest BCUT2D eigenvalue weighted by Crippen LogP contribution is 2.24. The Hall–Kier alpha value is -2.04. The van der Waals surface area contributed by atoms with Gasteiger partial charge in [-0.2, -0.15) is 0 Å². The lowest BCUT2D eigenvalue weighted by atomic mass is 9.99. The number of piperidine rings is 1. The van der Waals surface area contributed by atoms with Gasteiger partial charge >= 0.3 is 0 Å². The zero-order chi connectivity index (χ0) is 14.5. The van der Waals surface area contributed by atoms with Gasteiger partial charge in [-0.1, -0.05) is 12.1 Å². The van der Waals surface area contributed by atoms with E-state index in [4.69, 9.17) is 4.74 Å². The number of aromatic hydroxyl groups is 1. The Morgan fingerprint density at radius 3 is 2.80 bits per heavy atom. The maximum Gasteiger partial charge on any atom is 0.261 e. The van der Waals surface area contributed by atoms with Crippen molar-refractivity contribution in [1.29, 1.82) is 0 Å². The van der Waals surface area contributed by atoms with E-state index in [9.17, 15) is 14.7 Å². The van der Waals surface area contributed by atoms with Gasteiger partial charge in [0.15, 0.2) is 23.9 Å². The first-order valence-electron chi connectivity index (χ1n) is 6.80. The SMILES string of the molecule is CC(=O)C1CCCCN1C(=O)COc1ccccc1O. The highest BCUT2D eigenvalue weighted by molar-refractivity contribution is 5.88. The maximum atomic E-state index is 12.2. The molecule has 1 fully saturated rings. The zero-order valence-corrected chi connectivity index (χ0v) is 11.5. The lowest BCUT2D eigenvalue weighted by molar-refractivity contribution is -0.142. The number of carbonyl (C=O) groups is 2. The summed E-state index contributed by atoms with van der Waals surface area (Å²) >= 11 is 0. The van der Waals surface area contributed by atoms with Crippen LogP contribution in [-0.4, -0.2) is 40.9 Å². The third-order valence-electron chi connectivity index (χ3n) is 3.51. The molecule has 1 aliphatic rings. The molecule has 2 rings (SSSR count). The van der Waals surface area contributed by atoms with Crippen molar-refractivity contribution >= 4 is 11.7 Å². The molecular formula is C15H19NO4. The van der Waals surface area contributed by atoms with Crippen LogP contribution in [0.2, 0.25) is 0 Å². The molecule has 1 heterocycles. The number of para-hydroxylation sites is 2. The molecule has 1 aromatic rings. The van der Waals surface area contributed by atoms with Crippen molar-refractivity contribution in [3.05, 3.63) is 24.3 Å². The minimum Gasteiger partial charge on any atom is -0.504 e. The van der Waals surface area contributed by atoms with E-state index in [1.54, 1.807) is 23.1 Å². The zero-order valence-electron chi connectivity index (χ0n) is 11.5. The van der Waals surface area contributed by atoms with Gasteiger partial charge in [-0.3, -0.25) is 9.59 Å². The standard InChI is InChI=1S/C15H19NO4/c1-11(17)12-6-4-5-9-16(12)15(19)10-20-14-8-3-2-7-13(14)18/h2-3,7-8,12,18H,4-6,9-10H2,1H3. The molecule has 0 spiro atoms. The van der Waals surface area contributed by atoms with E-state index >= 15 is 0 Å². The molecule has 5 nitrogen and oxygen atoms in total. The average Bonchev–Trinajstić information content (AvgIpc) is 2.46. The Kier molecular flexibility index (Phi) is 4.61. The van der Waals surface area contributed by atoms with Crippen molar-refractivity contribution in [2.75, 3.05) is 13.2 Å². The van der Waals surface area contributed by atoms with E-state index in [0.29, 0.717) is 6.54 Å². The Labute approximate surface area is 118 Å². The summed E-state index contributed by atoms with van der Waals surface area (Å²) in [4.78, 5) is 25.3. The number of phenols is 1. The Morgan fingerprint density at radius 2 is 2.10 bits per heavy atom. The van der Waals surface area contributed by atoms with Gasteiger partial charge in [0, 0.05) is 6.54 Å². The summed E-state index contributed by atoms with van der Waals surface area (Å²) in [6.07, 6.45) is 2.60. The molecule has 5 heteroatoms. The summed E-state index contributed by atoms with van der Waals surface area (Å²) < 4.78 is 5.33. The lowest BCUT2D eigenvalue weighted by Gasteiger charge is -2.34. The minimum absolute atomic E-state index is 0.00191. The summed E-state index contributed by atoms with van der Waals surface area (Å²) in [5, 5.41) is 9.57. The van der Waals surface area contributed by atoms with Crippen molar-refractivity contribution in [2.45, 2.75) is 32.2 Å². The summed E-state index contributed by atoms with van der Waals surface area (Å²) in [6, 6.07) is 6.17. The number of ketones is 1. The van der Waals surface area contributed by atoms with Gasteiger partial charge < -0.3 is 14.7 Å². The van der Waals surface area contributed by atoms with Crippen LogP contribution in [0, 0.1) is 0 Å². The number of rotatable bonds is 4. The number of phenolic OH excluding ortho intramolecular Hbond substituents is 1. The first kappa shape index (κ1) is 14.4. The van der Waals surface area contributed by atoms with Gasteiger partial charge in [-0.15, -0.1) is 0 Å². The van der Waals surface area contributed by atoms with Crippen LogP contribution in [0.4, 0.5) is 0 Å². The van der Waals surface area contributed by atoms with Gasteiger partial charge in [0.1, 0.15) is 0 Å². The fraction of sp³-hybridized carbons (Fsp3) is 0.467. The Morgan fingerprint density at radius 1 is 1.35 bits per heavy atom. The highest BCUT2D eigenvalue weighted by Gasteiger charge is 2.29. The Balaban J connectivity index is 1.97. The fourth-order valence-corrected chi connectivity index (χ4v) is 2.45. The number of hydrogen-bond donors (Lipinski definition) is 1. The molecule has 1 atom stereocenters. The number of ether oxygens (including phenoxy) is 1. The van der Waals surface area contributed by atoms with E-state index in [2.05, 4.69) is 0 Å². The predicted molar refractivity (Wildman–Crippen MR) is 73.6 cm³/mol. The monoisotopic (exact) mass is 277 g/mol. The lowest BCUT2D eigenvalue weighted by Crippen LogP contribution is -2.49. The second kappa shape index (κ2) is 6.41. The molecule has 1 saturated heterocycles. The number of carbonyl (C=O) groups excluding carboxylic acids is 2. The van der Waals surface area contributed by atoms with Gasteiger partial charge in [0.2, 0.25) is 0 Å². The number of amides is 1. The highest BCUT2D eigenvalue weighted by atomic mass is 16.5. The smallest absolute Gasteiger partial charge is 0.261 e. The molecule has 0 aromatic heterocycles. The van der Waals surface area contributed by atoms with Crippen molar-refractivity contribution in [3.63, 3.8) is 0 Å². The first-order chi connectivity index (χ1) is 9.59. The van der Waals surface area contributed by atoms with E-state index in [1.165, 1.54) is 13.0 Å². The topological polar surface area (TPSA) is 66.8 Å². The third-order valence-corrected chi connectivity index (χ3v) is 3.51. The third kappa shape index (κ3) is 3.29. The maximum absolute atomic E-state index is 12.2. The van der Waals surface area contributed by atoms with E-state index in [0.717, 1.165) is 19.3 Å². The number of hydrogen-bond acceptors (Lipinski definition) is 4. The number of benzene rings is 1. The van der Waals surface area contributed by atoms with Gasteiger partial charge in [0.25, 0.3) is 5.91 Å². The van der Waals surface area contributed by atoms with Crippen LogP contribution in [0.5, 0.6) is 11.5 Å². The van der Waals surface area contributed by atoms with Crippen LogP contribution in [-0.2, 0) is 9.59 Å². The summed E-state index contributed by atoms with van der Waals surface area (Å²) in [7, 11) is 0. The molecule has 20 heavy (non-hydrogen) atoms. The first-order valence-corrected chi connectivity index (χ1v) is 6.80. The number of likely N-dealkylation sites (tertiary alicyclic amines) is 1. The van der Waals surface area contributed by atoms with Crippen LogP contribution >= 0.6 is 0 Å². The van der Waals surface area contributed by atoms with E-state index < -0.39 is 0 Å². The van der Waals surface area contributed by atoms with Crippen LogP contribution in [0.25, 0.3) is 0 Å². The van der Waals surface area contributed by atoms with Crippen LogP contribution in [0.1, 0.15) is 26.2 Å². The normalized spacial score (nSPS) is 18.6. The largest absolute Gasteiger partial charge is 0.504 e. The molecule has 0 saturated carbocycles. The second-order valence-electron chi connectivity index (χ2n) is 4.97. The van der Waals surface area contributed by atoms with Crippen molar-refractivity contribution in [3.8, 4) is 11.5 Å². The summed E-state index contributed by atoms with van der Waals surface area (Å²) in [6.45, 7) is 1.94. The number of nitrogens with zero attached hydrogens (tertiary/aromatic N) is 1. The Bertz CT molecular complexity index is 500. The number of Topliss-reactive ketones (excluding diaryl/α,β-unsaturated/α-hetero) is 1. The molecular weight excluding hydrogens is 258 g/mol. The predicted octanol–water partition coefficient (Wildman–Crippen LogP) is 1.74. The summed E-state index contributed by atoms with van der Waals surface area (Å²) in [5.74, 6) is 0.0769. The van der Waals surface area contributed by atoms with Crippen LogP contribution < -0.4 is 4.74 Å². The molecule has 1 aromatic carbocycles. The molecule has 108 valence electrons. The molecule has 1 amide bonds. The van der Waals surface area contributed by atoms with Crippen LogP contribution in [0.3, 0.4) is 0 Å². The molecule has 0 aliphatic carbocycles. The molecule has 0 bridgehead atoms. The molecule has 1 unspecified atom stereocenters. The molecule has 0 radical (unpaired) electrons. The fourth-order valence-electron chi connectivity index (χ4n) is 2.45. The van der Waals surface area contributed by atoms with Crippen molar-refractivity contribution in [1.82, 2.24) is 4.90 Å². The quantitative estimate of drug-likeness (QED) is 0.910.